The summed E-state index contributed by atoms with van der Waals surface area (Å²) in [5.41, 5.74) is 0.933. The van der Waals surface area contributed by atoms with Crippen molar-refractivity contribution in [1.29, 1.82) is 0 Å². The van der Waals surface area contributed by atoms with E-state index in [2.05, 4.69) is 25.3 Å². The molecule has 128 valence electrons. The Labute approximate surface area is 139 Å². The van der Waals surface area contributed by atoms with Crippen molar-refractivity contribution in [2.45, 2.75) is 6.92 Å². The molecule has 1 N–H and O–H groups in total. The maximum Gasteiger partial charge on any atom is 0.230 e. The number of morpholine rings is 1. The number of rotatable bonds is 4. The molecule has 0 spiro atoms. The quantitative estimate of drug-likeness (QED) is 0.898. The lowest BCUT2D eigenvalue weighted by Crippen LogP contribution is -2.37. The normalized spacial score (nSPS) is 14.6. The van der Waals surface area contributed by atoms with Crippen molar-refractivity contribution in [2.75, 3.05) is 55.5 Å². The fourth-order valence-corrected chi connectivity index (χ4v) is 2.41. The molecule has 1 aliphatic heterocycles. The monoisotopic (exact) mass is 333 g/mol. The summed E-state index contributed by atoms with van der Waals surface area (Å²) in [6.07, 6.45) is 2.84. The smallest absolute Gasteiger partial charge is 0.230 e. The molecule has 0 radical (unpaired) electrons. The van der Waals surface area contributed by atoms with Crippen LogP contribution in [0.2, 0.25) is 0 Å². The van der Waals surface area contributed by atoms with E-state index >= 15 is 0 Å². The Balaban J connectivity index is 1.85. The Morgan fingerprint density at radius 2 is 1.92 bits per heavy atom. The largest absolute Gasteiger partial charge is 0.378 e. The third-order valence-corrected chi connectivity index (χ3v) is 3.62. The van der Waals surface area contributed by atoms with E-state index in [4.69, 9.17) is 4.74 Å². The van der Waals surface area contributed by atoms with Crippen molar-refractivity contribution < 1.29 is 9.13 Å². The molecule has 3 rings (SSSR count). The molecule has 3 heterocycles. The average Bonchev–Trinajstić information content (AvgIpc) is 2.59. The highest BCUT2D eigenvalue weighted by molar-refractivity contribution is 5.55. The maximum absolute atomic E-state index is 14.1. The van der Waals surface area contributed by atoms with Gasteiger partial charge in [0.15, 0.2) is 11.6 Å². The minimum atomic E-state index is -0.553. The SMILES string of the molecule is Cc1cnc(Nc2nc(N3CCOCC3)ncc2F)nc1N(C)C. The molecule has 0 aliphatic carbocycles. The molecular weight excluding hydrogens is 313 g/mol. The number of nitrogens with one attached hydrogen (secondary N) is 1. The molecule has 2 aromatic heterocycles. The van der Waals surface area contributed by atoms with Gasteiger partial charge in [0.1, 0.15) is 5.82 Å². The van der Waals surface area contributed by atoms with Crippen LogP contribution in [0.15, 0.2) is 12.4 Å². The summed E-state index contributed by atoms with van der Waals surface area (Å²) in [7, 11) is 3.78. The zero-order valence-corrected chi connectivity index (χ0v) is 14.0. The summed E-state index contributed by atoms with van der Waals surface area (Å²) in [4.78, 5) is 20.7. The number of aryl methyl sites for hydroxylation is 1. The number of halogens is 1. The number of hydrogen-bond acceptors (Lipinski definition) is 8. The summed E-state index contributed by atoms with van der Waals surface area (Å²) in [5.74, 6) is 1.01. The second-order valence-electron chi connectivity index (χ2n) is 5.69. The van der Waals surface area contributed by atoms with Gasteiger partial charge in [-0.05, 0) is 6.92 Å². The van der Waals surface area contributed by atoms with Gasteiger partial charge in [-0.25, -0.2) is 14.4 Å². The summed E-state index contributed by atoms with van der Waals surface area (Å²) in [6, 6.07) is 0. The highest BCUT2D eigenvalue weighted by Gasteiger charge is 2.17. The first-order valence-corrected chi connectivity index (χ1v) is 7.68. The van der Waals surface area contributed by atoms with Gasteiger partial charge in [0, 0.05) is 38.9 Å². The molecule has 0 atom stereocenters. The lowest BCUT2D eigenvalue weighted by Gasteiger charge is -2.26. The van der Waals surface area contributed by atoms with Crippen molar-refractivity contribution in [3.05, 3.63) is 23.8 Å². The first-order valence-electron chi connectivity index (χ1n) is 7.68. The van der Waals surface area contributed by atoms with E-state index in [-0.39, 0.29) is 11.8 Å². The van der Waals surface area contributed by atoms with Crippen LogP contribution in [-0.2, 0) is 4.74 Å². The lowest BCUT2D eigenvalue weighted by molar-refractivity contribution is 0.122. The van der Waals surface area contributed by atoms with Gasteiger partial charge in [-0.1, -0.05) is 0 Å². The van der Waals surface area contributed by atoms with Crippen molar-refractivity contribution in [3.63, 3.8) is 0 Å². The molecule has 0 amide bonds. The van der Waals surface area contributed by atoms with Gasteiger partial charge < -0.3 is 19.9 Å². The minimum absolute atomic E-state index is 0.0556. The van der Waals surface area contributed by atoms with Gasteiger partial charge in [0.05, 0.1) is 19.4 Å². The van der Waals surface area contributed by atoms with E-state index in [9.17, 15) is 4.39 Å². The summed E-state index contributed by atoms with van der Waals surface area (Å²) in [6.45, 7) is 4.49. The van der Waals surface area contributed by atoms with Gasteiger partial charge in [-0.3, -0.25) is 0 Å². The third kappa shape index (κ3) is 3.51. The lowest BCUT2D eigenvalue weighted by atomic mass is 10.3. The topological polar surface area (TPSA) is 79.3 Å². The number of anilines is 4. The van der Waals surface area contributed by atoms with Crippen molar-refractivity contribution in [2.24, 2.45) is 0 Å². The summed E-state index contributed by atoms with van der Waals surface area (Å²) >= 11 is 0. The van der Waals surface area contributed by atoms with Gasteiger partial charge in [-0.2, -0.15) is 9.97 Å². The Kier molecular flexibility index (Phi) is 4.70. The third-order valence-electron chi connectivity index (χ3n) is 3.62. The molecule has 0 saturated carbocycles. The van der Waals surface area contributed by atoms with E-state index in [0.29, 0.717) is 32.3 Å². The van der Waals surface area contributed by atoms with Crippen LogP contribution in [0.3, 0.4) is 0 Å². The average molecular weight is 333 g/mol. The zero-order chi connectivity index (χ0) is 17.1. The summed E-state index contributed by atoms with van der Waals surface area (Å²) < 4.78 is 19.4. The van der Waals surface area contributed by atoms with E-state index < -0.39 is 5.82 Å². The first kappa shape index (κ1) is 16.3. The van der Waals surface area contributed by atoms with Crippen LogP contribution in [-0.4, -0.2) is 60.3 Å². The number of aromatic nitrogens is 4. The van der Waals surface area contributed by atoms with E-state index in [1.807, 2.05) is 30.8 Å². The highest BCUT2D eigenvalue weighted by atomic mass is 19.1. The second kappa shape index (κ2) is 6.91. The van der Waals surface area contributed by atoms with Crippen LogP contribution in [0.1, 0.15) is 5.56 Å². The standard InChI is InChI=1S/C15H20FN7O/c1-10-8-17-14(21-13(10)22(2)3)19-12-11(16)9-18-15(20-12)23-4-6-24-7-5-23/h8-9H,4-7H2,1-3H3,(H,17,18,19,20,21). The van der Waals surface area contributed by atoms with Crippen molar-refractivity contribution in [1.82, 2.24) is 19.9 Å². The van der Waals surface area contributed by atoms with Gasteiger partial charge in [0.2, 0.25) is 11.9 Å². The Hall–Kier alpha value is -2.55. The molecule has 8 nitrogen and oxygen atoms in total. The van der Waals surface area contributed by atoms with E-state index in [1.54, 1.807) is 6.20 Å². The molecule has 9 heteroatoms. The molecule has 0 bridgehead atoms. The van der Waals surface area contributed by atoms with Crippen LogP contribution in [0, 0.1) is 12.7 Å². The molecule has 0 unspecified atom stereocenters. The molecule has 2 aromatic rings. The predicted molar refractivity (Wildman–Crippen MR) is 89.4 cm³/mol. The minimum Gasteiger partial charge on any atom is -0.378 e. The van der Waals surface area contributed by atoms with Gasteiger partial charge in [0.25, 0.3) is 0 Å². The molecule has 24 heavy (non-hydrogen) atoms. The van der Waals surface area contributed by atoms with Crippen molar-refractivity contribution in [3.8, 4) is 0 Å². The number of ether oxygens (including phenoxy) is 1. The summed E-state index contributed by atoms with van der Waals surface area (Å²) in [5, 5.41) is 2.84. The molecule has 0 aromatic carbocycles. The fourth-order valence-electron chi connectivity index (χ4n) is 2.41. The van der Waals surface area contributed by atoms with Gasteiger partial charge in [-0.15, -0.1) is 0 Å². The molecular formula is C15H20FN7O. The van der Waals surface area contributed by atoms with Crippen LogP contribution in [0.25, 0.3) is 0 Å². The van der Waals surface area contributed by atoms with Crippen LogP contribution in [0.5, 0.6) is 0 Å². The van der Waals surface area contributed by atoms with E-state index in [0.717, 1.165) is 17.6 Å². The molecule has 1 fully saturated rings. The molecule has 1 aliphatic rings. The van der Waals surface area contributed by atoms with E-state index in [1.165, 1.54) is 0 Å². The zero-order valence-electron chi connectivity index (χ0n) is 14.0. The molecule has 1 saturated heterocycles. The Morgan fingerprint density at radius 1 is 1.17 bits per heavy atom. The first-order chi connectivity index (χ1) is 11.5. The number of nitrogens with zero attached hydrogens (tertiary/aromatic N) is 6. The fraction of sp³-hybridized carbons (Fsp3) is 0.467. The Morgan fingerprint density at radius 3 is 2.62 bits per heavy atom. The Bertz CT molecular complexity index is 719. The second-order valence-corrected chi connectivity index (χ2v) is 5.69. The van der Waals surface area contributed by atoms with Gasteiger partial charge >= 0.3 is 0 Å². The predicted octanol–water partition coefficient (Wildman–Crippen LogP) is 1.36. The van der Waals surface area contributed by atoms with Crippen molar-refractivity contribution >= 4 is 23.5 Å². The van der Waals surface area contributed by atoms with Crippen LogP contribution < -0.4 is 15.1 Å². The van der Waals surface area contributed by atoms with Crippen LogP contribution >= 0.6 is 0 Å². The van der Waals surface area contributed by atoms with Crippen LogP contribution in [0.4, 0.5) is 27.9 Å². The highest BCUT2D eigenvalue weighted by Crippen LogP contribution is 2.21. The maximum atomic E-state index is 14.1. The number of hydrogen-bond donors (Lipinski definition) is 1.